The molecule has 0 aliphatic carbocycles. The Balaban J connectivity index is 3.90. The summed E-state index contributed by atoms with van der Waals surface area (Å²) in [5, 5.41) is 36.0. The lowest BCUT2D eigenvalue weighted by atomic mass is 10.0. The van der Waals surface area contributed by atoms with Crippen LogP contribution in [-0.2, 0) is 0 Å². The van der Waals surface area contributed by atoms with E-state index in [0.29, 0.717) is 6.42 Å². The molecule has 4 N–H and O–H groups in total. The maximum absolute atomic E-state index is 9.10. The van der Waals surface area contributed by atoms with Gasteiger partial charge in [-0.2, -0.15) is 0 Å². The Kier molecular flexibility index (Phi) is 4.60. The van der Waals surface area contributed by atoms with Gasteiger partial charge < -0.3 is 20.4 Å². The number of hydrogen-bond donors (Lipinski definition) is 4. The van der Waals surface area contributed by atoms with E-state index in [9.17, 15) is 0 Å². The quantitative estimate of drug-likeness (QED) is 0.423. The highest BCUT2D eigenvalue weighted by atomic mass is 16.4. The molecule has 0 radical (unpaired) electrons. The van der Waals surface area contributed by atoms with Gasteiger partial charge in [0.05, 0.1) is 12.2 Å². The van der Waals surface area contributed by atoms with Crippen LogP contribution in [0.3, 0.4) is 0 Å². The molecule has 3 unspecified atom stereocenters. The van der Waals surface area contributed by atoms with Crippen molar-refractivity contribution in [3.63, 3.8) is 0 Å². The van der Waals surface area contributed by atoms with Gasteiger partial charge in [-0.1, -0.05) is 6.92 Å². The van der Waals surface area contributed by atoms with Crippen LogP contribution in [0.1, 0.15) is 20.3 Å². The summed E-state index contributed by atoms with van der Waals surface area (Å²) in [6, 6.07) is 0. The van der Waals surface area contributed by atoms with E-state index in [1.165, 1.54) is 6.92 Å². The Morgan fingerprint density at radius 2 is 1.45 bits per heavy atom. The van der Waals surface area contributed by atoms with Crippen molar-refractivity contribution in [2.24, 2.45) is 0 Å². The van der Waals surface area contributed by atoms with E-state index in [4.69, 9.17) is 20.4 Å². The van der Waals surface area contributed by atoms with Gasteiger partial charge in [-0.05, 0) is 13.3 Å². The molecule has 0 bridgehead atoms. The second-order valence-electron chi connectivity index (χ2n) is 2.70. The molecular formula is C7H16O4. The van der Waals surface area contributed by atoms with Gasteiger partial charge in [-0.15, -0.1) is 0 Å². The van der Waals surface area contributed by atoms with Gasteiger partial charge in [0, 0.05) is 0 Å². The third-order valence-corrected chi connectivity index (χ3v) is 1.66. The molecule has 0 heterocycles. The summed E-state index contributed by atoms with van der Waals surface area (Å²) < 4.78 is 0. The smallest absolute Gasteiger partial charge is 0.108 e. The Morgan fingerprint density at radius 1 is 1.00 bits per heavy atom. The van der Waals surface area contributed by atoms with Gasteiger partial charge in [-0.3, -0.25) is 0 Å². The molecule has 0 amide bonds. The maximum atomic E-state index is 9.10. The fourth-order valence-corrected chi connectivity index (χ4v) is 0.754. The fourth-order valence-electron chi connectivity index (χ4n) is 0.754. The molecule has 0 fully saturated rings. The second kappa shape index (κ2) is 4.66. The first kappa shape index (κ1) is 10.8. The average molecular weight is 164 g/mol. The summed E-state index contributed by atoms with van der Waals surface area (Å²) in [5.41, 5.74) is 0. The predicted molar refractivity (Wildman–Crippen MR) is 40.0 cm³/mol. The van der Waals surface area contributed by atoms with Crippen LogP contribution in [0.4, 0.5) is 0 Å². The number of rotatable bonds is 4. The molecule has 0 saturated carbocycles. The first-order valence-electron chi connectivity index (χ1n) is 3.73. The van der Waals surface area contributed by atoms with E-state index in [2.05, 4.69) is 0 Å². The van der Waals surface area contributed by atoms with Crippen molar-refractivity contribution in [1.82, 2.24) is 0 Å². The number of hydrogen-bond acceptors (Lipinski definition) is 4. The van der Waals surface area contributed by atoms with Gasteiger partial charge in [0.1, 0.15) is 12.2 Å². The van der Waals surface area contributed by atoms with Crippen LogP contribution in [0.15, 0.2) is 0 Å². The lowest BCUT2D eigenvalue weighted by molar-refractivity contribution is -0.100. The monoisotopic (exact) mass is 164 g/mol. The van der Waals surface area contributed by atoms with Crippen molar-refractivity contribution in [3.05, 3.63) is 0 Å². The lowest BCUT2D eigenvalue weighted by Crippen LogP contribution is -2.42. The van der Waals surface area contributed by atoms with Crippen LogP contribution >= 0.6 is 0 Å². The van der Waals surface area contributed by atoms with Gasteiger partial charge >= 0.3 is 0 Å². The van der Waals surface area contributed by atoms with Crippen molar-refractivity contribution in [2.45, 2.75) is 44.7 Å². The summed E-state index contributed by atoms with van der Waals surface area (Å²) in [4.78, 5) is 0. The molecule has 0 saturated heterocycles. The highest BCUT2D eigenvalue weighted by molar-refractivity contribution is 4.77. The van der Waals surface area contributed by atoms with Crippen molar-refractivity contribution < 1.29 is 20.4 Å². The molecule has 0 aromatic carbocycles. The normalized spacial score (nSPS) is 22.4. The van der Waals surface area contributed by atoms with Gasteiger partial charge in [0.25, 0.3) is 0 Å². The zero-order valence-electron chi connectivity index (χ0n) is 6.81. The molecular weight excluding hydrogens is 148 g/mol. The second-order valence-corrected chi connectivity index (χ2v) is 2.70. The zero-order valence-corrected chi connectivity index (χ0v) is 6.81. The number of aliphatic hydroxyl groups is 4. The third kappa shape index (κ3) is 3.16. The van der Waals surface area contributed by atoms with Gasteiger partial charge in [0.15, 0.2) is 0 Å². The Labute approximate surface area is 66.1 Å². The van der Waals surface area contributed by atoms with Crippen LogP contribution in [0.2, 0.25) is 0 Å². The van der Waals surface area contributed by atoms with Gasteiger partial charge in [0.2, 0.25) is 0 Å². The van der Waals surface area contributed by atoms with Crippen molar-refractivity contribution in [2.75, 3.05) is 0 Å². The predicted octanol–water partition coefficient (Wildman–Crippen LogP) is -1.14. The van der Waals surface area contributed by atoms with Crippen LogP contribution in [0, 0.1) is 0 Å². The van der Waals surface area contributed by atoms with E-state index in [0.717, 1.165) is 0 Å². The lowest BCUT2D eigenvalue weighted by Gasteiger charge is -2.23. The highest BCUT2D eigenvalue weighted by Crippen LogP contribution is 2.06. The Bertz CT molecular complexity index is 105. The molecule has 0 aliphatic rings. The minimum Gasteiger partial charge on any atom is -0.391 e. The summed E-state index contributed by atoms with van der Waals surface area (Å²) in [6.45, 7) is 3.04. The minimum absolute atomic E-state index is 0.352. The Hall–Kier alpha value is -0.160. The Morgan fingerprint density at radius 3 is 1.73 bits per heavy atom. The van der Waals surface area contributed by atoms with E-state index in [-0.39, 0.29) is 0 Å². The van der Waals surface area contributed by atoms with E-state index in [1.54, 1.807) is 6.92 Å². The molecule has 4 nitrogen and oxygen atoms in total. The van der Waals surface area contributed by atoms with E-state index in [1.807, 2.05) is 0 Å². The van der Waals surface area contributed by atoms with Crippen LogP contribution in [0.5, 0.6) is 0 Å². The van der Waals surface area contributed by atoms with E-state index >= 15 is 0 Å². The van der Waals surface area contributed by atoms with E-state index < -0.39 is 24.4 Å². The van der Waals surface area contributed by atoms with Crippen molar-refractivity contribution in [1.29, 1.82) is 0 Å². The summed E-state index contributed by atoms with van der Waals surface area (Å²) in [6.07, 6.45) is -4.18. The average Bonchev–Trinajstić information content (AvgIpc) is 2.00. The molecule has 0 aliphatic heterocycles. The van der Waals surface area contributed by atoms with Crippen LogP contribution < -0.4 is 0 Å². The topological polar surface area (TPSA) is 80.9 Å². The summed E-state index contributed by atoms with van der Waals surface area (Å²) >= 11 is 0. The third-order valence-electron chi connectivity index (χ3n) is 1.66. The van der Waals surface area contributed by atoms with Crippen LogP contribution in [0.25, 0.3) is 0 Å². The SMILES string of the molecule is CCC(O)C(O)C(O)[C@@H](C)O. The molecule has 4 heteroatoms. The van der Waals surface area contributed by atoms with Crippen LogP contribution in [-0.4, -0.2) is 44.8 Å². The standard InChI is InChI=1S/C7H16O4/c1-3-5(9)7(11)6(10)4(2)8/h4-11H,3H2,1-2H3/t4-,5?,6?,7?/m1/s1. The highest BCUT2D eigenvalue weighted by Gasteiger charge is 2.26. The molecule has 0 aromatic heterocycles. The summed E-state index contributed by atoms with van der Waals surface area (Å²) in [7, 11) is 0. The molecule has 11 heavy (non-hydrogen) atoms. The van der Waals surface area contributed by atoms with Crippen molar-refractivity contribution in [3.8, 4) is 0 Å². The minimum atomic E-state index is -1.27. The molecule has 0 spiro atoms. The van der Waals surface area contributed by atoms with Crippen molar-refractivity contribution >= 4 is 0 Å². The molecule has 68 valence electrons. The summed E-state index contributed by atoms with van der Waals surface area (Å²) in [5.74, 6) is 0. The first-order valence-corrected chi connectivity index (χ1v) is 3.73. The zero-order chi connectivity index (χ0) is 9.02. The first-order chi connectivity index (χ1) is 5.00. The number of aliphatic hydroxyl groups excluding tert-OH is 4. The maximum Gasteiger partial charge on any atom is 0.108 e. The molecule has 0 rings (SSSR count). The van der Waals surface area contributed by atoms with Gasteiger partial charge in [-0.25, -0.2) is 0 Å². The molecule has 0 aromatic rings. The molecule has 4 atom stereocenters. The largest absolute Gasteiger partial charge is 0.391 e. The fraction of sp³-hybridized carbons (Fsp3) is 1.00.